The minimum Gasteiger partial charge on any atom is -0.462 e. The highest BCUT2D eigenvalue weighted by Gasteiger charge is 2.19. The van der Waals surface area contributed by atoms with E-state index in [1.54, 1.807) is 0 Å². The lowest BCUT2D eigenvalue weighted by atomic mass is 10.0. The summed E-state index contributed by atoms with van der Waals surface area (Å²) in [6.45, 7) is 6.39. The van der Waals surface area contributed by atoms with Crippen molar-refractivity contribution in [2.75, 3.05) is 13.2 Å². The smallest absolute Gasteiger partial charge is 0.306 e. The van der Waals surface area contributed by atoms with Crippen LogP contribution in [-0.2, 0) is 28.6 Å². The lowest BCUT2D eigenvalue weighted by Gasteiger charge is -2.18. The molecule has 0 radical (unpaired) electrons. The van der Waals surface area contributed by atoms with Gasteiger partial charge in [0.15, 0.2) is 6.10 Å². The van der Waals surface area contributed by atoms with E-state index < -0.39 is 6.10 Å². The Morgan fingerprint density at radius 3 is 0.838 bits per heavy atom. The Hall–Kier alpha value is -3.93. The van der Waals surface area contributed by atoms with Crippen molar-refractivity contribution < 1.29 is 28.6 Å². The monoisotopic (exact) mass is 1030 g/mol. The molecule has 0 fully saturated rings. The van der Waals surface area contributed by atoms with Crippen molar-refractivity contribution in [1.29, 1.82) is 0 Å². The number of ether oxygens (including phenoxy) is 3. The second kappa shape index (κ2) is 61.6. The molecule has 1 atom stereocenters. The lowest BCUT2D eigenvalue weighted by molar-refractivity contribution is -0.167. The van der Waals surface area contributed by atoms with Crippen LogP contribution in [0.5, 0.6) is 0 Å². The van der Waals surface area contributed by atoms with Crippen LogP contribution in [0.1, 0.15) is 284 Å². The number of hydrogen-bond donors (Lipinski definition) is 0. The van der Waals surface area contributed by atoms with Crippen LogP contribution in [0, 0.1) is 0 Å². The van der Waals surface area contributed by atoms with E-state index in [0.717, 1.165) is 135 Å². The van der Waals surface area contributed by atoms with Crippen LogP contribution in [0.3, 0.4) is 0 Å². The molecule has 74 heavy (non-hydrogen) atoms. The number of unbranched alkanes of at least 4 members (excludes halogenated alkanes) is 26. The van der Waals surface area contributed by atoms with Crippen molar-refractivity contribution in [3.8, 4) is 0 Å². The van der Waals surface area contributed by atoms with Gasteiger partial charge in [-0.25, -0.2) is 0 Å². The summed E-state index contributed by atoms with van der Waals surface area (Å²) >= 11 is 0. The molecule has 0 aliphatic heterocycles. The van der Waals surface area contributed by atoms with E-state index in [1.165, 1.54) is 109 Å². The molecule has 0 heterocycles. The molecule has 0 spiro atoms. The van der Waals surface area contributed by atoms with Gasteiger partial charge in [-0.05, 0) is 103 Å². The fourth-order valence-electron chi connectivity index (χ4n) is 8.46. The second-order valence-electron chi connectivity index (χ2n) is 20.2. The molecular weight excluding hydrogens is 913 g/mol. The Balaban J connectivity index is 4.41. The third-order valence-electron chi connectivity index (χ3n) is 13.0. The number of esters is 3. The van der Waals surface area contributed by atoms with Crippen LogP contribution < -0.4 is 0 Å². The van der Waals surface area contributed by atoms with E-state index in [-0.39, 0.29) is 31.1 Å². The van der Waals surface area contributed by atoms with E-state index in [0.29, 0.717) is 19.3 Å². The van der Waals surface area contributed by atoms with Crippen LogP contribution in [0.4, 0.5) is 0 Å². The fraction of sp³-hybridized carbons (Fsp3) is 0.691. The lowest BCUT2D eigenvalue weighted by Crippen LogP contribution is -2.30. The Kier molecular flexibility index (Phi) is 58.3. The summed E-state index contributed by atoms with van der Waals surface area (Å²) in [5.41, 5.74) is 0. The molecule has 0 N–H and O–H groups in total. The predicted octanol–water partition coefficient (Wildman–Crippen LogP) is 21.0. The zero-order valence-electron chi connectivity index (χ0n) is 48.3. The van der Waals surface area contributed by atoms with E-state index in [9.17, 15) is 14.4 Å². The maximum atomic E-state index is 12.9. The molecule has 0 aromatic heterocycles. The SMILES string of the molecule is CC/C=C\C/C=C\C/C=C\C/C=C\C/C=C\C/C=C\CCCCCCC(=O)OCC(COC(=O)CCCCC/C=C\C/C=C\C/C=C\CC)OC(=O)CCCCCCCCCCCCCCCCCCCCCC. The van der Waals surface area contributed by atoms with Crippen molar-refractivity contribution >= 4 is 17.9 Å². The van der Waals surface area contributed by atoms with Gasteiger partial charge in [0.25, 0.3) is 0 Å². The summed E-state index contributed by atoms with van der Waals surface area (Å²) < 4.78 is 16.9. The zero-order valence-corrected chi connectivity index (χ0v) is 48.3. The maximum Gasteiger partial charge on any atom is 0.306 e. The Morgan fingerprint density at radius 1 is 0.284 bits per heavy atom. The van der Waals surface area contributed by atoms with Gasteiger partial charge in [-0.2, -0.15) is 0 Å². The molecule has 0 aromatic rings. The molecule has 6 heteroatoms. The van der Waals surface area contributed by atoms with Gasteiger partial charge in [-0.1, -0.05) is 271 Å². The molecule has 0 aliphatic carbocycles. The van der Waals surface area contributed by atoms with E-state index in [4.69, 9.17) is 14.2 Å². The second-order valence-corrected chi connectivity index (χ2v) is 20.2. The van der Waals surface area contributed by atoms with Gasteiger partial charge in [-0.3, -0.25) is 14.4 Å². The third-order valence-corrected chi connectivity index (χ3v) is 13.0. The van der Waals surface area contributed by atoms with Gasteiger partial charge < -0.3 is 14.2 Å². The maximum absolute atomic E-state index is 12.9. The van der Waals surface area contributed by atoms with Crippen LogP contribution in [0.2, 0.25) is 0 Å². The highest BCUT2D eigenvalue weighted by atomic mass is 16.6. The molecule has 0 amide bonds. The fourth-order valence-corrected chi connectivity index (χ4v) is 8.46. The Bertz CT molecular complexity index is 1510. The number of allylic oxidation sites excluding steroid dienone is 18. The van der Waals surface area contributed by atoms with Gasteiger partial charge >= 0.3 is 17.9 Å². The van der Waals surface area contributed by atoms with Crippen molar-refractivity contribution in [3.05, 3.63) is 109 Å². The van der Waals surface area contributed by atoms with E-state index in [1.807, 2.05) is 0 Å². The number of carbonyl (C=O) groups excluding carboxylic acids is 3. The van der Waals surface area contributed by atoms with Crippen molar-refractivity contribution in [2.45, 2.75) is 290 Å². The van der Waals surface area contributed by atoms with Crippen LogP contribution >= 0.6 is 0 Å². The van der Waals surface area contributed by atoms with E-state index >= 15 is 0 Å². The first-order chi connectivity index (χ1) is 36.5. The molecule has 422 valence electrons. The van der Waals surface area contributed by atoms with Gasteiger partial charge in [-0.15, -0.1) is 0 Å². The standard InChI is InChI=1S/C68H114O6/c1-4-7-10-13-16-19-22-25-27-29-31-33-34-35-37-38-40-43-46-49-52-55-58-61-67(70)73-64-65(63-72-66(69)60-57-54-51-48-45-42-24-21-18-15-12-9-6-3)74-68(71)62-59-56-53-50-47-44-41-39-36-32-30-28-26-23-20-17-14-11-8-5-2/h7,9-10,12,16,18-19,21,25,27,31,33,35,37,40,42-43,45,65H,4-6,8,11,13-15,17,20,22-24,26,28-30,32,34,36,38-39,41,44,46-64H2,1-3H3/b10-7-,12-9-,19-16-,21-18-,27-25-,33-31-,37-35-,43-40-,45-42-. The minimum absolute atomic E-state index is 0.100. The predicted molar refractivity (Wildman–Crippen MR) is 320 cm³/mol. The molecule has 0 saturated heterocycles. The highest BCUT2D eigenvalue weighted by Crippen LogP contribution is 2.16. The number of hydrogen-bond acceptors (Lipinski definition) is 6. The molecular formula is C68H114O6. The summed E-state index contributed by atoms with van der Waals surface area (Å²) in [5.74, 6) is -0.945. The van der Waals surface area contributed by atoms with Crippen molar-refractivity contribution in [3.63, 3.8) is 0 Å². The summed E-state index contributed by atoms with van der Waals surface area (Å²) in [7, 11) is 0. The van der Waals surface area contributed by atoms with Crippen LogP contribution in [-0.4, -0.2) is 37.2 Å². The first-order valence-electron chi connectivity index (χ1n) is 30.9. The first kappa shape index (κ1) is 70.1. The summed E-state index contributed by atoms with van der Waals surface area (Å²) in [6, 6.07) is 0. The molecule has 0 saturated carbocycles. The molecule has 0 rings (SSSR count). The molecule has 6 nitrogen and oxygen atoms in total. The summed E-state index contributed by atoms with van der Waals surface area (Å²) in [6.07, 6.45) is 83.8. The van der Waals surface area contributed by atoms with Crippen molar-refractivity contribution in [2.24, 2.45) is 0 Å². The molecule has 0 aliphatic rings. The largest absolute Gasteiger partial charge is 0.462 e. The normalized spacial score (nSPS) is 12.9. The Morgan fingerprint density at radius 2 is 0.527 bits per heavy atom. The molecule has 0 aromatic carbocycles. The zero-order chi connectivity index (χ0) is 53.6. The van der Waals surface area contributed by atoms with Crippen LogP contribution in [0.25, 0.3) is 0 Å². The summed E-state index contributed by atoms with van der Waals surface area (Å²) in [5, 5.41) is 0. The average molecular weight is 1030 g/mol. The van der Waals surface area contributed by atoms with Crippen LogP contribution in [0.15, 0.2) is 109 Å². The number of carbonyl (C=O) groups is 3. The third kappa shape index (κ3) is 59.0. The highest BCUT2D eigenvalue weighted by molar-refractivity contribution is 5.71. The number of rotatable bonds is 55. The van der Waals surface area contributed by atoms with Gasteiger partial charge in [0.2, 0.25) is 0 Å². The van der Waals surface area contributed by atoms with Gasteiger partial charge in [0.05, 0.1) is 0 Å². The van der Waals surface area contributed by atoms with E-state index in [2.05, 4.69) is 130 Å². The average Bonchev–Trinajstić information content (AvgIpc) is 3.40. The van der Waals surface area contributed by atoms with Gasteiger partial charge in [0.1, 0.15) is 13.2 Å². The topological polar surface area (TPSA) is 78.9 Å². The summed E-state index contributed by atoms with van der Waals surface area (Å²) in [4.78, 5) is 38.2. The quantitative estimate of drug-likeness (QED) is 0.0261. The van der Waals surface area contributed by atoms with Gasteiger partial charge in [0, 0.05) is 19.3 Å². The Labute approximate surface area is 457 Å². The minimum atomic E-state index is -0.802. The van der Waals surface area contributed by atoms with Crippen molar-refractivity contribution in [1.82, 2.24) is 0 Å². The molecule has 0 bridgehead atoms. The first-order valence-corrected chi connectivity index (χ1v) is 30.9. The molecule has 1 unspecified atom stereocenters.